The van der Waals surface area contributed by atoms with E-state index in [2.05, 4.69) is 29.6 Å². The predicted octanol–water partition coefficient (Wildman–Crippen LogP) is 2.34. The Morgan fingerprint density at radius 3 is 2.52 bits per heavy atom. The molecule has 23 heavy (non-hydrogen) atoms. The van der Waals surface area contributed by atoms with Gasteiger partial charge >= 0.3 is 0 Å². The van der Waals surface area contributed by atoms with Gasteiger partial charge in [-0.1, -0.05) is 43.2 Å². The molecule has 5 heteroatoms. The van der Waals surface area contributed by atoms with Crippen molar-refractivity contribution in [3.63, 3.8) is 0 Å². The lowest BCUT2D eigenvalue weighted by atomic mass is 9.80. The van der Waals surface area contributed by atoms with Gasteiger partial charge in [0.1, 0.15) is 0 Å². The van der Waals surface area contributed by atoms with Gasteiger partial charge in [0.2, 0.25) is 5.91 Å². The molecule has 1 aliphatic heterocycles. The van der Waals surface area contributed by atoms with E-state index in [9.17, 15) is 13.2 Å². The fourth-order valence-corrected chi connectivity index (χ4v) is 5.60. The van der Waals surface area contributed by atoms with E-state index in [1.54, 1.807) is 0 Å². The second kappa shape index (κ2) is 7.04. The van der Waals surface area contributed by atoms with Crippen molar-refractivity contribution in [3.05, 3.63) is 35.9 Å². The minimum Gasteiger partial charge on any atom is -0.353 e. The molecule has 4 nitrogen and oxygen atoms in total. The van der Waals surface area contributed by atoms with Crippen molar-refractivity contribution in [2.75, 3.05) is 11.5 Å². The first-order chi connectivity index (χ1) is 11.0. The van der Waals surface area contributed by atoms with E-state index in [4.69, 9.17) is 0 Å². The molecule has 2 fully saturated rings. The minimum atomic E-state index is -3.00. The normalized spacial score (nSPS) is 30.0. The molecule has 1 aromatic carbocycles. The molecule has 0 bridgehead atoms. The van der Waals surface area contributed by atoms with Crippen molar-refractivity contribution in [1.29, 1.82) is 0 Å². The Balaban J connectivity index is 1.61. The average Bonchev–Trinajstić information content (AvgIpc) is 2.90. The van der Waals surface area contributed by atoms with Gasteiger partial charge in [-0.25, -0.2) is 8.42 Å². The molecule has 1 amide bonds. The standard InChI is InChI=1S/C18H25NO3S/c20-18(16-10-11-23(21,22)13-16)19-17-9-5-4-8-15(17)12-14-6-2-1-3-7-14/h1-3,6-7,15-17H,4-5,8-13H2,(H,19,20)/t15-,16-,17-/m1/s1. The van der Waals surface area contributed by atoms with Gasteiger partial charge in [-0.2, -0.15) is 0 Å². The SMILES string of the molecule is O=C(N[C@@H]1CCCC[C@@H]1Cc1ccccc1)[C@@H]1CCS(=O)(=O)C1. The third-order valence-corrected chi connectivity index (χ3v) is 6.95. The quantitative estimate of drug-likeness (QED) is 0.918. The number of amides is 1. The number of nitrogens with one attached hydrogen (secondary N) is 1. The number of sulfone groups is 1. The Morgan fingerprint density at radius 1 is 1.09 bits per heavy atom. The highest BCUT2D eigenvalue weighted by atomic mass is 32.2. The van der Waals surface area contributed by atoms with Crippen molar-refractivity contribution in [2.45, 2.75) is 44.6 Å². The molecule has 0 aromatic heterocycles. The Bertz CT molecular complexity index is 641. The average molecular weight is 335 g/mol. The van der Waals surface area contributed by atoms with Crippen LogP contribution in [0.5, 0.6) is 0 Å². The van der Waals surface area contributed by atoms with Crippen LogP contribution in [0, 0.1) is 11.8 Å². The molecule has 1 saturated carbocycles. The Labute approximate surface area is 138 Å². The molecule has 2 aliphatic rings. The molecule has 0 spiro atoms. The summed E-state index contributed by atoms with van der Waals surface area (Å²) in [5, 5.41) is 3.17. The van der Waals surface area contributed by atoms with Gasteiger partial charge in [0.15, 0.2) is 9.84 Å². The second-order valence-electron chi connectivity index (χ2n) is 6.95. The lowest BCUT2D eigenvalue weighted by molar-refractivity contribution is -0.125. The summed E-state index contributed by atoms with van der Waals surface area (Å²) < 4.78 is 23.1. The number of hydrogen-bond donors (Lipinski definition) is 1. The van der Waals surface area contributed by atoms with Crippen LogP contribution < -0.4 is 5.32 Å². The summed E-state index contributed by atoms with van der Waals surface area (Å²) in [5.74, 6) is 0.224. The van der Waals surface area contributed by atoms with Crippen LogP contribution in [0.2, 0.25) is 0 Å². The maximum absolute atomic E-state index is 12.4. The van der Waals surface area contributed by atoms with Gasteiger partial charge in [0, 0.05) is 6.04 Å². The zero-order chi connectivity index (χ0) is 16.3. The van der Waals surface area contributed by atoms with Crippen molar-refractivity contribution >= 4 is 15.7 Å². The largest absolute Gasteiger partial charge is 0.353 e. The molecule has 126 valence electrons. The molecule has 1 N–H and O–H groups in total. The van der Waals surface area contributed by atoms with Crippen LogP contribution in [0.4, 0.5) is 0 Å². The Kier molecular flexibility index (Phi) is 5.05. The predicted molar refractivity (Wildman–Crippen MR) is 90.8 cm³/mol. The minimum absolute atomic E-state index is 0.0227. The van der Waals surface area contributed by atoms with Crippen LogP contribution in [0.3, 0.4) is 0 Å². The molecule has 1 aromatic rings. The topological polar surface area (TPSA) is 63.2 Å². The third-order valence-electron chi connectivity index (χ3n) is 5.18. The van der Waals surface area contributed by atoms with Crippen LogP contribution in [0.25, 0.3) is 0 Å². The number of benzene rings is 1. The maximum Gasteiger partial charge on any atom is 0.224 e. The monoisotopic (exact) mass is 335 g/mol. The zero-order valence-electron chi connectivity index (χ0n) is 13.4. The van der Waals surface area contributed by atoms with Crippen LogP contribution in [0.1, 0.15) is 37.7 Å². The van der Waals surface area contributed by atoms with Gasteiger partial charge in [-0.3, -0.25) is 4.79 Å². The second-order valence-corrected chi connectivity index (χ2v) is 9.18. The van der Waals surface area contributed by atoms with Crippen molar-refractivity contribution in [1.82, 2.24) is 5.32 Å². The van der Waals surface area contributed by atoms with Crippen LogP contribution >= 0.6 is 0 Å². The Hall–Kier alpha value is -1.36. The van der Waals surface area contributed by atoms with E-state index >= 15 is 0 Å². The first kappa shape index (κ1) is 16.5. The smallest absolute Gasteiger partial charge is 0.224 e. The number of rotatable bonds is 4. The highest BCUT2D eigenvalue weighted by Gasteiger charge is 2.35. The molecule has 1 aliphatic carbocycles. The van der Waals surface area contributed by atoms with E-state index in [1.807, 2.05) is 6.07 Å². The maximum atomic E-state index is 12.4. The molecular formula is C18H25NO3S. The third kappa shape index (κ3) is 4.34. The van der Waals surface area contributed by atoms with E-state index in [0.717, 1.165) is 25.7 Å². The highest BCUT2D eigenvalue weighted by Crippen LogP contribution is 2.28. The first-order valence-electron chi connectivity index (χ1n) is 8.58. The summed E-state index contributed by atoms with van der Waals surface area (Å²) in [7, 11) is -3.00. The number of hydrogen-bond acceptors (Lipinski definition) is 3. The summed E-state index contributed by atoms with van der Waals surface area (Å²) in [6, 6.07) is 10.6. The van der Waals surface area contributed by atoms with Crippen molar-refractivity contribution in [3.8, 4) is 0 Å². The molecule has 1 saturated heterocycles. The molecule has 0 unspecified atom stereocenters. The van der Waals surface area contributed by atoms with E-state index in [0.29, 0.717) is 12.3 Å². The van der Waals surface area contributed by atoms with Gasteiger partial charge in [0.25, 0.3) is 0 Å². The zero-order valence-corrected chi connectivity index (χ0v) is 14.2. The lowest BCUT2D eigenvalue weighted by Crippen LogP contribution is -2.45. The lowest BCUT2D eigenvalue weighted by Gasteiger charge is -2.33. The Morgan fingerprint density at radius 2 is 1.83 bits per heavy atom. The molecule has 1 heterocycles. The molecule has 0 radical (unpaired) electrons. The number of carbonyl (C=O) groups is 1. The highest BCUT2D eigenvalue weighted by molar-refractivity contribution is 7.91. The number of carbonyl (C=O) groups excluding carboxylic acids is 1. The van der Waals surface area contributed by atoms with E-state index in [1.165, 1.54) is 12.0 Å². The van der Waals surface area contributed by atoms with Gasteiger partial charge < -0.3 is 5.32 Å². The summed E-state index contributed by atoms with van der Waals surface area (Å²) in [6.07, 6.45) is 5.94. The van der Waals surface area contributed by atoms with Gasteiger partial charge in [-0.05, 0) is 37.2 Å². The summed E-state index contributed by atoms with van der Waals surface area (Å²) in [6.45, 7) is 0. The fraction of sp³-hybridized carbons (Fsp3) is 0.611. The molecule has 3 atom stereocenters. The van der Waals surface area contributed by atoms with Gasteiger partial charge in [0.05, 0.1) is 17.4 Å². The van der Waals surface area contributed by atoms with E-state index < -0.39 is 9.84 Å². The van der Waals surface area contributed by atoms with Crippen LogP contribution in [-0.2, 0) is 21.1 Å². The van der Waals surface area contributed by atoms with Gasteiger partial charge in [-0.15, -0.1) is 0 Å². The molecular weight excluding hydrogens is 310 g/mol. The molecule has 3 rings (SSSR count). The fourth-order valence-electron chi connectivity index (χ4n) is 3.86. The van der Waals surface area contributed by atoms with Crippen molar-refractivity contribution < 1.29 is 13.2 Å². The summed E-state index contributed by atoms with van der Waals surface area (Å²) in [5.41, 5.74) is 1.31. The first-order valence-corrected chi connectivity index (χ1v) is 10.4. The summed E-state index contributed by atoms with van der Waals surface area (Å²) >= 11 is 0. The van der Waals surface area contributed by atoms with Crippen molar-refractivity contribution in [2.24, 2.45) is 11.8 Å². The van der Waals surface area contributed by atoms with Crippen LogP contribution in [-0.4, -0.2) is 31.9 Å². The summed E-state index contributed by atoms with van der Waals surface area (Å²) in [4.78, 5) is 12.4. The van der Waals surface area contributed by atoms with E-state index in [-0.39, 0.29) is 29.4 Å². The van der Waals surface area contributed by atoms with Crippen LogP contribution in [0.15, 0.2) is 30.3 Å².